The van der Waals surface area contributed by atoms with E-state index in [0.29, 0.717) is 0 Å². The van der Waals surface area contributed by atoms with Crippen LogP contribution in [0.3, 0.4) is 0 Å². The molecule has 24 heavy (non-hydrogen) atoms. The molecule has 0 aliphatic heterocycles. The van der Waals surface area contributed by atoms with Gasteiger partial charge in [0, 0.05) is 18.1 Å². The van der Waals surface area contributed by atoms with Crippen molar-refractivity contribution in [3.05, 3.63) is 39.9 Å². The van der Waals surface area contributed by atoms with E-state index in [1.807, 2.05) is 0 Å². The van der Waals surface area contributed by atoms with E-state index in [1.54, 1.807) is 0 Å². The number of carbonyl (C=O) groups is 3. The van der Waals surface area contributed by atoms with Crippen molar-refractivity contribution < 1.29 is 28.8 Å². The predicted octanol–water partition coefficient (Wildman–Crippen LogP) is 0.748. The fourth-order valence-electron chi connectivity index (χ4n) is 2.13. The van der Waals surface area contributed by atoms with Crippen molar-refractivity contribution in [1.29, 1.82) is 0 Å². The van der Waals surface area contributed by atoms with E-state index in [9.17, 15) is 24.5 Å². The topological polar surface area (TPSA) is 125 Å². The second kappa shape index (κ2) is 8.61. The molecule has 0 unspecified atom stereocenters. The third-order valence-electron chi connectivity index (χ3n) is 3.20. The Hall–Kier alpha value is -2.97. The molecule has 0 saturated heterocycles. The summed E-state index contributed by atoms with van der Waals surface area (Å²) >= 11 is 0. The number of nitro benzene ring substituents is 1. The summed E-state index contributed by atoms with van der Waals surface area (Å²) in [5.41, 5.74) is -2.40. The van der Waals surface area contributed by atoms with E-state index in [1.165, 1.54) is 38.1 Å². The van der Waals surface area contributed by atoms with Crippen molar-refractivity contribution in [3.63, 3.8) is 0 Å². The van der Waals surface area contributed by atoms with Crippen LogP contribution < -0.4 is 5.32 Å². The molecule has 0 aromatic heterocycles. The lowest BCUT2D eigenvalue weighted by Crippen LogP contribution is -2.61. The molecule has 0 saturated carbocycles. The molecule has 0 bridgehead atoms. The normalized spacial score (nSPS) is 10.6. The zero-order valence-corrected chi connectivity index (χ0v) is 13.3. The number of nitrogens with one attached hydrogen (secondary N) is 1. The first kappa shape index (κ1) is 19.1. The number of benzene rings is 1. The Morgan fingerprint density at radius 2 is 1.75 bits per heavy atom. The number of nitrogens with zero attached hydrogens (tertiary/aromatic N) is 1. The van der Waals surface area contributed by atoms with Crippen LogP contribution in [-0.4, -0.2) is 42.0 Å². The average Bonchev–Trinajstić information content (AvgIpc) is 2.55. The van der Waals surface area contributed by atoms with Crippen molar-refractivity contribution in [1.82, 2.24) is 5.32 Å². The molecule has 0 aliphatic rings. The molecule has 0 heterocycles. The van der Waals surface area contributed by atoms with E-state index in [4.69, 9.17) is 9.47 Å². The number of para-hydroxylation sites is 1. The average molecular weight is 338 g/mol. The van der Waals surface area contributed by atoms with Crippen LogP contribution in [0.4, 0.5) is 5.69 Å². The molecule has 0 atom stereocenters. The summed E-state index contributed by atoms with van der Waals surface area (Å²) in [4.78, 5) is 46.2. The first-order chi connectivity index (χ1) is 11.4. The molecule has 1 aromatic carbocycles. The molecule has 0 spiro atoms. The van der Waals surface area contributed by atoms with Gasteiger partial charge < -0.3 is 14.8 Å². The molecule has 9 nitrogen and oxygen atoms in total. The Kier molecular flexibility index (Phi) is 6.84. The highest BCUT2D eigenvalue weighted by Gasteiger charge is 2.50. The zero-order valence-electron chi connectivity index (χ0n) is 13.3. The zero-order chi connectivity index (χ0) is 18.2. The number of hydrogen-bond donors (Lipinski definition) is 1. The van der Waals surface area contributed by atoms with Crippen LogP contribution in [0.25, 0.3) is 0 Å². The number of hydrogen-bond acceptors (Lipinski definition) is 7. The molecule has 1 rings (SSSR count). The largest absolute Gasteiger partial charge is 0.464 e. The Balaban J connectivity index is 3.41. The van der Waals surface area contributed by atoms with Gasteiger partial charge in [-0.2, -0.15) is 0 Å². The third-order valence-corrected chi connectivity index (χ3v) is 3.20. The molecular formula is C15H18N2O7. The summed E-state index contributed by atoms with van der Waals surface area (Å²) in [6.45, 7) is 2.97. The molecule has 130 valence electrons. The van der Waals surface area contributed by atoms with Crippen LogP contribution in [-0.2, 0) is 30.3 Å². The van der Waals surface area contributed by atoms with Gasteiger partial charge >= 0.3 is 11.9 Å². The second-order valence-corrected chi connectivity index (χ2v) is 4.67. The fourth-order valence-corrected chi connectivity index (χ4v) is 2.13. The third kappa shape index (κ3) is 4.06. The Morgan fingerprint density at radius 3 is 2.21 bits per heavy atom. The lowest BCUT2D eigenvalue weighted by Gasteiger charge is -2.28. The molecule has 1 aromatic rings. The van der Waals surface area contributed by atoms with Gasteiger partial charge in [-0.15, -0.1) is 0 Å². The van der Waals surface area contributed by atoms with Crippen molar-refractivity contribution >= 4 is 24.0 Å². The molecule has 0 fully saturated rings. The van der Waals surface area contributed by atoms with Gasteiger partial charge in [0.25, 0.3) is 5.69 Å². The summed E-state index contributed by atoms with van der Waals surface area (Å²) in [6, 6.07) is 5.59. The monoisotopic (exact) mass is 338 g/mol. The lowest BCUT2D eigenvalue weighted by atomic mass is 9.90. The summed E-state index contributed by atoms with van der Waals surface area (Å²) in [6.07, 6.45) is -0.316. The summed E-state index contributed by atoms with van der Waals surface area (Å²) < 4.78 is 9.74. The van der Waals surface area contributed by atoms with Gasteiger partial charge in [-0.1, -0.05) is 18.2 Å². The fraction of sp³-hybridized carbons (Fsp3) is 0.400. The Morgan fingerprint density at radius 1 is 1.21 bits per heavy atom. The molecule has 1 N–H and O–H groups in total. The quantitative estimate of drug-likeness (QED) is 0.231. The van der Waals surface area contributed by atoms with Gasteiger partial charge in [0.15, 0.2) is 0 Å². The van der Waals surface area contributed by atoms with Gasteiger partial charge in [0.1, 0.15) is 0 Å². The summed E-state index contributed by atoms with van der Waals surface area (Å²) in [5, 5.41) is 13.3. The molecule has 9 heteroatoms. The minimum absolute atomic E-state index is 0.0442. The standard InChI is InChI=1S/C15H18N2O7/c1-3-23-13(19)15(16-10-18,14(20)24-4-2)9-11-7-5-6-8-12(11)17(21)22/h5-8,10H,3-4,9H2,1-2H3,(H,16,18). The van der Waals surface area contributed by atoms with Gasteiger partial charge in [0.2, 0.25) is 11.9 Å². The van der Waals surface area contributed by atoms with Crippen molar-refractivity contribution in [3.8, 4) is 0 Å². The minimum atomic E-state index is -2.19. The van der Waals surface area contributed by atoms with E-state index in [0.717, 1.165) is 0 Å². The first-order valence-corrected chi connectivity index (χ1v) is 7.21. The Labute approximate surface area is 138 Å². The highest BCUT2D eigenvalue weighted by atomic mass is 16.6. The maximum Gasteiger partial charge on any atom is 0.344 e. The molecule has 0 aliphatic carbocycles. The van der Waals surface area contributed by atoms with Crippen molar-refractivity contribution in [2.75, 3.05) is 13.2 Å². The van der Waals surface area contributed by atoms with Gasteiger partial charge in [-0.25, -0.2) is 9.59 Å². The van der Waals surface area contributed by atoms with Crippen molar-refractivity contribution in [2.24, 2.45) is 0 Å². The van der Waals surface area contributed by atoms with E-state index < -0.39 is 28.8 Å². The smallest absolute Gasteiger partial charge is 0.344 e. The van der Waals surface area contributed by atoms with E-state index in [2.05, 4.69) is 5.32 Å². The van der Waals surface area contributed by atoms with Crippen LogP contribution in [0.15, 0.2) is 24.3 Å². The SMILES string of the molecule is CCOC(=O)C(Cc1ccccc1[N+](=O)[O-])(NC=O)C(=O)OCC. The van der Waals surface area contributed by atoms with Gasteiger partial charge in [-0.05, 0) is 13.8 Å². The highest BCUT2D eigenvalue weighted by molar-refractivity contribution is 6.06. The molecule has 1 amide bonds. The van der Waals surface area contributed by atoms with Crippen LogP contribution in [0.5, 0.6) is 0 Å². The summed E-state index contributed by atoms with van der Waals surface area (Å²) in [5.74, 6) is -2.09. The van der Waals surface area contributed by atoms with Crippen LogP contribution in [0, 0.1) is 10.1 Å². The lowest BCUT2D eigenvalue weighted by molar-refractivity contribution is -0.385. The van der Waals surface area contributed by atoms with Crippen LogP contribution >= 0.6 is 0 Å². The highest BCUT2D eigenvalue weighted by Crippen LogP contribution is 2.25. The van der Waals surface area contributed by atoms with E-state index in [-0.39, 0.29) is 30.9 Å². The number of ether oxygens (including phenoxy) is 2. The van der Waals surface area contributed by atoms with Gasteiger partial charge in [-0.3, -0.25) is 14.9 Å². The first-order valence-electron chi connectivity index (χ1n) is 7.21. The number of carbonyl (C=O) groups excluding carboxylic acids is 3. The van der Waals surface area contributed by atoms with Gasteiger partial charge in [0.05, 0.1) is 18.1 Å². The summed E-state index contributed by atoms with van der Waals surface area (Å²) in [7, 11) is 0. The minimum Gasteiger partial charge on any atom is -0.464 e. The number of esters is 2. The maximum atomic E-state index is 12.3. The van der Waals surface area contributed by atoms with Crippen molar-refractivity contribution in [2.45, 2.75) is 25.8 Å². The molecular weight excluding hydrogens is 320 g/mol. The second-order valence-electron chi connectivity index (χ2n) is 4.67. The number of amides is 1. The van der Waals surface area contributed by atoms with Crippen LogP contribution in [0.1, 0.15) is 19.4 Å². The Bertz CT molecular complexity index is 612. The van der Waals surface area contributed by atoms with E-state index >= 15 is 0 Å². The number of nitro groups is 1. The number of rotatable bonds is 9. The predicted molar refractivity (Wildman–Crippen MR) is 82.0 cm³/mol. The molecule has 0 radical (unpaired) electrons. The van der Waals surface area contributed by atoms with Crippen LogP contribution in [0.2, 0.25) is 0 Å². The maximum absolute atomic E-state index is 12.3.